The molecule has 0 atom stereocenters. The van der Waals surface area contributed by atoms with E-state index in [1.807, 2.05) is 0 Å². The largest absolute Gasteiger partial charge is 0.474 e. The van der Waals surface area contributed by atoms with Crippen molar-refractivity contribution in [2.24, 2.45) is 0 Å². The third kappa shape index (κ3) is 5.06. The van der Waals surface area contributed by atoms with Gasteiger partial charge in [-0.25, -0.2) is 9.37 Å². The first kappa shape index (κ1) is 21.7. The molecule has 1 saturated heterocycles. The summed E-state index contributed by atoms with van der Waals surface area (Å²) >= 11 is 0. The molecule has 4 nitrogen and oxygen atoms in total. The van der Waals surface area contributed by atoms with E-state index in [2.05, 4.69) is 9.88 Å². The van der Waals surface area contributed by atoms with Crippen molar-refractivity contribution in [2.45, 2.75) is 57.3 Å². The summed E-state index contributed by atoms with van der Waals surface area (Å²) in [5, 5.41) is 0. The molecule has 2 heterocycles. The molecule has 166 valence electrons. The molecule has 1 aliphatic heterocycles. The smallest absolute Gasteiger partial charge is 0.417 e. The second-order valence-corrected chi connectivity index (χ2v) is 8.40. The average molecular weight is 436 g/mol. The number of alkyl halides is 3. The van der Waals surface area contributed by atoms with Gasteiger partial charge in [0.15, 0.2) is 6.29 Å². The Morgan fingerprint density at radius 2 is 1.87 bits per heavy atom. The van der Waals surface area contributed by atoms with E-state index in [4.69, 9.17) is 4.74 Å². The first-order chi connectivity index (χ1) is 14.7. The van der Waals surface area contributed by atoms with Crippen LogP contribution in [0.4, 0.5) is 17.6 Å². The number of benzene rings is 1. The molecule has 1 aromatic carbocycles. The van der Waals surface area contributed by atoms with E-state index in [1.165, 1.54) is 6.07 Å². The van der Waals surface area contributed by atoms with Gasteiger partial charge in [-0.1, -0.05) is 0 Å². The van der Waals surface area contributed by atoms with Crippen molar-refractivity contribution in [1.29, 1.82) is 0 Å². The summed E-state index contributed by atoms with van der Waals surface area (Å²) in [6, 6.07) is 4.22. The highest BCUT2D eigenvalue weighted by Crippen LogP contribution is 2.42. The number of hydrogen-bond acceptors (Lipinski definition) is 4. The molecule has 31 heavy (non-hydrogen) atoms. The minimum absolute atomic E-state index is 0.108. The van der Waals surface area contributed by atoms with E-state index in [0.29, 0.717) is 37.2 Å². The zero-order chi connectivity index (χ0) is 22.2. The number of aldehydes is 1. The van der Waals surface area contributed by atoms with Gasteiger partial charge in [0.1, 0.15) is 11.9 Å². The normalized spacial score (nSPS) is 18.2. The van der Waals surface area contributed by atoms with Crippen molar-refractivity contribution >= 4 is 6.29 Å². The number of aromatic nitrogens is 1. The van der Waals surface area contributed by atoms with Gasteiger partial charge >= 0.3 is 6.18 Å². The van der Waals surface area contributed by atoms with Crippen LogP contribution in [0.25, 0.3) is 0 Å². The van der Waals surface area contributed by atoms with Crippen LogP contribution >= 0.6 is 0 Å². The molecule has 1 saturated carbocycles. The van der Waals surface area contributed by atoms with Gasteiger partial charge in [-0.15, -0.1) is 0 Å². The van der Waals surface area contributed by atoms with Crippen LogP contribution in [-0.4, -0.2) is 35.4 Å². The summed E-state index contributed by atoms with van der Waals surface area (Å²) in [5.74, 6) is 0.148. The number of rotatable bonds is 6. The number of carbonyl (C=O) groups excluding carboxylic acids is 1. The molecule has 8 heteroatoms. The molecule has 0 N–H and O–H groups in total. The van der Waals surface area contributed by atoms with Crippen LogP contribution in [0.5, 0.6) is 5.88 Å². The Balaban J connectivity index is 1.37. The lowest BCUT2D eigenvalue weighted by atomic mass is 9.98. The number of nitrogens with zero attached hydrogens (tertiary/aromatic N) is 2. The quantitative estimate of drug-likeness (QED) is 0.456. The van der Waals surface area contributed by atoms with Crippen molar-refractivity contribution in [3.05, 3.63) is 58.0 Å². The van der Waals surface area contributed by atoms with Gasteiger partial charge in [-0.2, -0.15) is 13.2 Å². The number of ether oxygens (including phenoxy) is 1. The first-order valence-corrected chi connectivity index (χ1v) is 10.4. The van der Waals surface area contributed by atoms with E-state index < -0.39 is 17.6 Å². The second kappa shape index (κ2) is 8.57. The molecular weight excluding hydrogens is 412 g/mol. The Morgan fingerprint density at radius 3 is 2.45 bits per heavy atom. The number of piperidine rings is 1. The van der Waals surface area contributed by atoms with Gasteiger partial charge in [0.05, 0.1) is 11.1 Å². The van der Waals surface area contributed by atoms with Crippen molar-refractivity contribution in [1.82, 2.24) is 9.88 Å². The van der Waals surface area contributed by atoms with Crippen LogP contribution in [0, 0.1) is 12.7 Å². The summed E-state index contributed by atoms with van der Waals surface area (Å²) in [6.07, 6.45) is 0.338. The highest BCUT2D eigenvalue weighted by Gasteiger charge is 2.32. The summed E-state index contributed by atoms with van der Waals surface area (Å²) in [7, 11) is 0. The fraction of sp³-hybridized carbons (Fsp3) is 0.478. The Kier molecular flexibility index (Phi) is 6.01. The van der Waals surface area contributed by atoms with Gasteiger partial charge < -0.3 is 4.74 Å². The van der Waals surface area contributed by atoms with Gasteiger partial charge in [0.25, 0.3) is 0 Å². The van der Waals surface area contributed by atoms with Crippen LogP contribution in [0.3, 0.4) is 0 Å². The molecule has 0 amide bonds. The molecule has 4 rings (SSSR count). The van der Waals surface area contributed by atoms with E-state index in [0.717, 1.165) is 49.3 Å². The maximum atomic E-state index is 14.2. The first-order valence-electron chi connectivity index (χ1n) is 10.4. The number of carbonyl (C=O) groups is 1. The van der Waals surface area contributed by atoms with Gasteiger partial charge in [-0.05, 0) is 67.9 Å². The molecule has 2 fully saturated rings. The summed E-state index contributed by atoms with van der Waals surface area (Å²) < 4.78 is 58.4. The van der Waals surface area contributed by atoms with E-state index in [1.54, 1.807) is 13.0 Å². The Bertz CT molecular complexity index is 965. The van der Waals surface area contributed by atoms with Crippen LogP contribution in [0.15, 0.2) is 24.4 Å². The molecular formula is C23H24F4N2O2. The number of aryl methyl sites for hydroxylation is 1. The fourth-order valence-electron chi connectivity index (χ4n) is 4.08. The molecule has 1 aliphatic carbocycles. The lowest BCUT2D eigenvalue weighted by Crippen LogP contribution is -2.38. The minimum Gasteiger partial charge on any atom is -0.474 e. The molecule has 2 aliphatic rings. The molecule has 0 unspecified atom stereocenters. The highest BCUT2D eigenvalue weighted by atomic mass is 19.4. The lowest BCUT2D eigenvalue weighted by Gasteiger charge is -2.32. The molecule has 1 aromatic heterocycles. The highest BCUT2D eigenvalue weighted by molar-refractivity contribution is 5.76. The molecule has 0 bridgehead atoms. The van der Waals surface area contributed by atoms with Crippen molar-refractivity contribution in [3.8, 4) is 5.88 Å². The lowest BCUT2D eigenvalue weighted by molar-refractivity contribution is -0.137. The molecule has 2 aromatic rings. The van der Waals surface area contributed by atoms with Crippen molar-refractivity contribution < 1.29 is 27.1 Å². The summed E-state index contributed by atoms with van der Waals surface area (Å²) in [6.45, 7) is 3.62. The standard InChI is InChI=1S/C23H24F4N2O2/c1-14-8-18(23(25,26)27)11-28-22(14)31-19-4-6-29(7-5-19)12-16-10-21(24)17(13-30)9-20(16)15-2-3-15/h8-11,13,15,19H,2-7,12H2,1H3. The number of hydrogen-bond donors (Lipinski definition) is 0. The van der Waals surface area contributed by atoms with Gasteiger partial charge in [0.2, 0.25) is 5.88 Å². The Hall–Kier alpha value is -2.48. The van der Waals surface area contributed by atoms with Crippen LogP contribution in [-0.2, 0) is 12.7 Å². The Morgan fingerprint density at radius 1 is 1.16 bits per heavy atom. The SMILES string of the molecule is Cc1cc(C(F)(F)F)cnc1OC1CCN(Cc2cc(F)c(C=O)cc2C2CC2)CC1. The molecule has 0 radical (unpaired) electrons. The maximum Gasteiger partial charge on any atom is 0.417 e. The third-order valence-electron chi connectivity index (χ3n) is 5.97. The molecule has 0 spiro atoms. The zero-order valence-corrected chi connectivity index (χ0v) is 17.2. The zero-order valence-electron chi connectivity index (χ0n) is 17.2. The topological polar surface area (TPSA) is 42.4 Å². The minimum atomic E-state index is -4.43. The van der Waals surface area contributed by atoms with Crippen LogP contribution in [0.2, 0.25) is 0 Å². The number of halogens is 4. The number of pyridine rings is 1. The van der Waals surface area contributed by atoms with Crippen LogP contribution < -0.4 is 4.74 Å². The second-order valence-electron chi connectivity index (χ2n) is 8.40. The Labute approximate surface area is 178 Å². The van der Waals surface area contributed by atoms with Gasteiger partial charge in [-0.3, -0.25) is 9.69 Å². The van der Waals surface area contributed by atoms with Crippen LogP contribution in [0.1, 0.15) is 64.2 Å². The number of likely N-dealkylation sites (tertiary alicyclic amines) is 1. The van der Waals surface area contributed by atoms with E-state index in [9.17, 15) is 22.4 Å². The summed E-state index contributed by atoms with van der Waals surface area (Å²) in [4.78, 5) is 17.2. The predicted octanol–water partition coefficient (Wildman–Crippen LogP) is 5.28. The summed E-state index contributed by atoms with van der Waals surface area (Å²) in [5.41, 5.74) is 1.66. The average Bonchev–Trinajstić information content (AvgIpc) is 3.55. The maximum absolute atomic E-state index is 14.2. The fourth-order valence-corrected chi connectivity index (χ4v) is 4.08. The monoisotopic (exact) mass is 436 g/mol. The predicted molar refractivity (Wildman–Crippen MR) is 107 cm³/mol. The van der Waals surface area contributed by atoms with Crippen molar-refractivity contribution in [2.75, 3.05) is 13.1 Å². The van der Waals surface area contributed by atoms with Gasteiger partial charge in [0, 0.05) is 31.4 Å². The van der Waals surface area contributed by atoms with Crippen molar-refractivity contribution in [3.63, 3.8) is 0 Å². The van der Waals surface area contributed by atoms with E-state index in [-0.39, 0.29) is 17.5 Å². The van der Waals surface area contributed by atoms with E-state index >= 15 is 0 Å². The third-order valence-corrected chi connectivity index (χ3v) is 5.97.